The molecule has 0 atom stereocenters. The number of benzene rings is 4. The Balaban J connectivity index is 1.83. The zero-order chi connectivity index (χ0) is 55.9. The third kappa shape index (κ3) is 13.6. The van der Waals surface area contributed by atoms with E-state index in [0.717, 1.165) is 38.7 Å². The van der Waals surface area contributed by atoms with Crippen molar-refractivity contribution in [2.24, 2.45) is 4.99 Å². The van der Waals surface area contributed by atoms with E-state index in [1.54, 1.807) is 42.5 Å². The number of nitrogens with zero attached hydrogens (tertiary/aromatic N) is 2. The summed E-state index contributed by atoms with van der Waals surface area (Å²) in [6.07, 6.45) is -8.51. The topological polar surface area (TPSA) is 35.8 Å². The molecule has 0 unspecified atom stereocenters. The average molecular weight is 1050 g/mol. The van der Waals surface area contributed by atoms with Crippen molar-refractivity contribution in [3.63, 3.8) is 0 Å². The van der Waals surface area contributed by atoms with E-state index >= 15 is 17.6 Å². The van der Waals surface area contributed by atoms with Crippen LogP contribution in [0.15, 0.2) is 120 Å². The number of unbranched alkanes of at least 4 members (excludes halogenated alkanes) is 2. The Morgan fingerprint density at radius 2 is 0.867 bits per heavy atom. The number of allylic oxidation sites excluding steroid dienone is 3. The summed E-state index contributed by atoms with van der Waals surface area (Å²) in [7, 11) is -2.74. The highest BCUT2D eigenvalue weighted by Crippen LogP contribution is 2.47. The molecule has 15 heteroatoms. The van der Waals surface area contributed by atoms with Crippen molar-refractivity contribution in [3.05, 3.63) is 154 Å². The molecule has 1 aliphatic heterocycles. The summed E-state index contributed by atoms with van der Waals surface area (Å²) in [6, 6.07) is 31.6. The highest BCUT2D eigenvalue weighted by atomic mass is 19.4. The summed E-state index contributed by atoms with van der Waals surface area (Å²) >= 11 is 0. The van der Waals surface area contributed by atoms with Gasteiger partial charge in [-0.3, -0.25) is 0 Å². The first kappa shape index (κ1) is 58.8. The first-order valence-electron chi connectivity index (χ1n) is 25.3. The van der Waals surface area contributed by atoms with E-state index in [2.05, 4.69) is 41.5 Å². The maximum absolute atomic E-state index is 15.1. The molecule has 1 aliphatic rings. The van der Waals surface area contributed by atoms with Gasteiger partial charge in [-0.15, -0.1) is 0 Å². The second-order valence-corrected chi connectivity index (χ2v) is 23.6. The molecule has 2 heterocycles. The predicted molar refractivity (Wildman–Crippen MR) is 284 cm³/mol. The van der Waals surface area contributed by atoms with Gasteiger partial charge in [0.05, 0.1) is 11.4 Å². The van der Waals surface area contributed by atoms with E-state index < -0.39 is 44.7 Å². The summed E-state index contributed by atoms with van der Waals surface area (Å²) in [5, 5.41) is 0. The molecule has 4 aromatic carbocycles. The van der Waals surface area contributed by atoms with Gasteiger partial charge in [0, 0.05) is 33.7 Å². The van der Waals surface area contributed by atoms with Gasteiger partial charge < -0.3 is 13.8 Å². The summed E-state index contributed by atoms with van der Waals surface area (Å²) in [6.45, 7) is 21.4. The van der Waals surface area contributed by atoms with Crippen molar-refractivity contribution in [1.29, 1.82) is 0 Å². The minimum atomic E-state index is -6.20. The van der Waals surface area contributed by atoms with Crippen molar-refractivity contribution in [2.45, 2.75) is 162 Å². The number of hydrogen-bond acceptors (Lipinski definition) is 3. The number of aliphatic imine (C=N–C) groups is 1. The first-order valence-corrected chi connectivity index (χ1v) is 25.3. The van der Waals surface area contributed by atoms with Gasteiger partial charge in [0.25, 0.3) is 0 Å². The van der Waals surface area contributed by atoms with Gasteiger partial charge in [-0.25, -0.2) is 4.99 Å². The molecule has 1 aromatic heterocycles. The van der Waals surface area contributed by atoms with Gasteiger partial charge in [0.1, 0.15) is 13.2 Å². The van der Waals surface area contributed by atoms with Crippen LogP contribution >= 0.6 is 0 Å². The highest BCUT2D eigenvalue weighted by Gasteiger charge is 2.60. The van der Waals surface area contributed by atoms with Crippen LogP contribution in [0.4, 0.5) is 43.9 Å². The maximum Gasteiger partial charge on any atom is 0.598 e. The van der Waals surface area contributed by atoms with Crippen molar-refractivity contribution < 1.29 is 53.2 Å². The van der Waals surface area contributed by atoms with Gasteiger partial charge in [-0.05, 0) is 85.6 Å². The molecule has 0 amide bonds. The van der Waals surface area contributed by atoms with E-state index in [0.29, 0.717) is 57.7 Å². The summed E-state index contributed by atoms with van der Waals surface area (Å²) in [4.78, 5) is 5.34. The molecule has 0 saturated heterocycles. The van der Waals surface area contributed by atoms with Crippen LogP contribution in [0, 0.1) is 0 Å². The van der Waals surface area contributed by atoms with Crippen LogP contribution < -0.4 is 0 Å². The number of alkyl halides is 10. The molecule has 0 fully saturated rings. The van der Waals surface area contributed by atoms with Gasteiger partial charge in [-0.1, -0.05) is 200 Å². The molecular formula is C60H69BF10N2O2. The molecule has 5 aromatic rings. The van der Waals surface area contributed by atoms with Crippen molar-refractivity contribution in [2.75, 3.05) is 13.2 Å². The Bertz CT molecular complexity index is 2830. The van der Waals surface area contributed by atoms with Gasteiger partial charge >= 0.3 is 31.5 Å². The normalized spacial score (nSPS) is 15.1. The van der Waals surface area contributed by atoms with Crippen molar-refractivity contribution >= 4 is 24.1 Å². The van der Waals surface area contributed by atoms with Crippen molar-refractivity contribution in [3.8, 4) is 22.4 Å². The van der Waals surface area contributed by atoms with Gasteiger partial charge in [0.2, 0.25) is 0 Å². The Morgan fingerprint density at radius 1 is 0.493 bits per heavy atom. The minimum absolute atomic E-state index is 0.00428. The molecule has 404 valence electrons. The second kappa shape index (κ2) is 21.6. The lowest BCUT2D eigenvalue weighted by Crippen LogP contribution is -2.48. The van der Waals surface area contributed by atoms with Crippen LogP contribution in [0.25, 0.3) is 33.5 Å². The number of rotatable bonds is 16. The zero-order valence-corrected chi connectivity index (χ0v) is 45.2. The molecule has 0 saturated carbocycles. The molecule has 0 spiro atoms. The SMILES string of the molecule is CCCCC/C(=C1/N=C(c2ccc(C(C)(C)C)cc2)C=C1c1ccc(C(C)(C)C)cc1)c1c(-c2ccc(C(C)(C)C)cc2)cc(-c2ccc(C(C)(C)C)cc2)n1B(OCC(F)(F)C(F)(F)F)OCC(F)(F)C(F)(F)F. The molecule has 0 radical (unpaired) electrons. The maximum atomic E-state index is 15.1. The largest absolute Gasteiger partial charge is 0.598 e. The quantitative estimate of drug-likeness (QED) is 0.0561. The highest BCUT2D eigenvalue weighted by molar-refractivity contribution is 6.44. The molecular weight excluding hydrogens is 981 g/mol. The van der Waals surface area contributed by atoms with Crippen LogP contribution in [-0.4, -0.2) is 54.9 Å². The predicted octanol–water partition coefficient (Wildman–Crippen LogP) is 18.2. The molecule has 4 nitrogen and oxygen atoms in total. The standard InChI is InChI=1S/C60H69BF10N2O2/c1-14-15-16-17-46(51-47(38-18-26-42(27-19-38)53(2,3)4)34-49(72-51)40-22-30-44(31-23-40)55(8,9)10)52-48(39-20-28-43(29-21-39)54(5,6)7)35-50(41-24-32-45(33-25-41)56(11,12)13)73(52)61(74-36-57(62,63)59(66,67)68)75-37-58(64,65)60(69,70)71/h18-35H,14-17,36-37H2,1-13H3/b51-46-. The Morgan fingerprint density at radius 3 is 1.24 bits per heavy atom. The van der Waals surface area contributed by atoms with E-state index in [9.17, 15) is 26.3 Å². The monoisotopic (exact) mass is 1050 g/mol. The first-order chi connectivity index (χ1) is 34.4. The van der Waals surface area contributed by atoms with Crippen molar-refractivity contribution in [1.82, 2.24) is 4.48 Å². The van der Waals surface area contributed by atoms with Crippen LogP contribution in [0.3, 0.4) is 0 Å². The van der Waals surface area contributed by atoms with Crippen LogP contribution in [0.5, 0.6) is 0 Å². The minimum Gasteiger partial charge on any atom is -0.385 e. The lowest BCUT2D eigenvalue weighted by Gasteiger charge is -2.28. The fourth-order valence-electron chi connectivity index (χ4n) is 8.71. The molecule has 0 bridgehead atoms. The molecule has 75 heavy (non-hydrogen) atoms. The lowest BCUT2D eigenvalue weighted by atomic mass is 9.85. The fourth-order valence-corrected chi connectivity index (χ4v) is 8.71. The average Bonchev–Trinajstić information content (AvgIpc) is 3.92. The number of hydrogen-bond donors (Lipinski definition) is 0. The van der Waals surface area contributed by atoms with Gasteiger partial charge in [-0.2, -0.15) is 43.9 Å². The molecule has 0 N–H and O–H groups in total. The Labute approximate surface area is 436 Å². The van der Waals surface area contributed by atoms with E-state index in [1.165, 1.54) is 0 Å². The van der Waals surface area contributed by atoms with Crippen LogP contribution in [-0.2, 0) is 31.0 Å². The van der Waals surface area contributed by atoms with E-state index in [4.69, 9.17) is 14.3 Å². The smallest absolute Gasteiger partial charge is 0.385 e. The number of halogens is 10. The second-order valence-electron chi connectivity index (χ2n) is 23.6. The van der Waals surface area contributed by atoms with Crippen LogP contribution in [0.2, 0.25) is 0 Å². The zero-order valence-electron chi connectivity index (χ0n) is 45.2. The molecule has 0 aliphatic carbocycles. The Hall–Kier alpha value is -5.41. The third-order valence-corrected chi connectivity index (χ3v) is 13.5. The molecule has 6 rings (SSSR count). The van der Waals surface area contributed by atoms with E-state index in [1.807, 2.05) is 115 Å². The fraction of sp³-hybridized carbons (Fsp3) is 0.450. The van der Waals surface area contributed by atoms with E-state index in [-0.39, 0.29) is 39.5 Å². The summed E-state index contributed by atoms with van der Waals surface area (Å²) in [5.41, 5.74) is 7.19. The van der Waals surface area contributed by atoms with Crippen LogP contribution in [0.1, 0.15) is 155 Å². The lowest BCUT2D eigenvalue weighted by molar-refractivity contribution is -0.295. The summed E-state index contributed by atoms with van der Waals surface area (Å²) in [5.74, 6) is -11.2. The third-order valence-electron chi connectivity index (χ3n) is 13.5. The summed E-state index contributed by atoms with van der Waals surface area (Å²) < 4.78 is 156. The van der Waals surface area contributed by atoms with Gasteiger partial charge in [0.15, 0.2) is 0 Å². The number of aromatic nitrogens is 1. The Kier molecular flexibility index (Phi) is 16.9.